The molecule has 118 valence electrons. The topological polar surface area (TPSA) is 58.2 Å². The molecule has 0 aliphatic heterocycles. The van der Waals surface area contributed by atoms with Gasteiger partial charge in [-0.05, 0) is 18.2 Å². The number of anilines is 1. The number of urea groups is 1. The van der Waals surface area contributed by atoms with Gasteiger partial charge in [-0.25, -0.2) is 4.79 Å². The van der Waals surface area contributed by atoms with E-state index >= 15 is 0 Å². The van der Waals surface area contributed by atoms with Gasteiger partial charge in [0, 0.05) is 5.69 Å². The fourth-order valence-corrected chi connectivity index (χ4v) is 1.25. The molecule has 21 heavy (non-hydrogen) atoms. The second kappa shape index (κ2) is 6.66. The molecule has 0 saturated heterocycles. The normalized spacial score (nSPS) is 11.3. The van der Waals surface area contributed by atoms with E-state index in [1.165, 1.54) is 5.32 Å². The van der Waals surface area contributed by atoms with Crippen molar-refractivity contribution >= 4 is 30.5 Å². The van der Waals surface area contributed by atoms with Crippen LogP contribution in [0.15, 0.2) is 18.2 Å². The smallest absolute Gasteiger partial charge is 0.308 e. The number of carbonyl (C=O) groups is 2. The SMILES string of the molecule is Cl.O=CNC(=O)Nc1cc(C(F)(F)F)cc(C(F)(F)F)c1. The Morgan fingerprint density at radius 2 is 1.38 bits per heavy atom. The van der Waals surface area contributed by atoms with Gasteiger partial charge < -0.3 is 5.32 Å². The fourth-order valence-electron chi connectivity index (χ4n) is 1.25. The molecule has 0 fully saturated rings. The second-order valence-corrected chi connectivity index (χ2v) is 3.51. The maximum Gasteiger partial charge on any atom is 0.416 e. The molecule has 1 aromatic carbocycles. The number of hydrogen-bond donors (Lipinski definition) is 2. The van der Waals surface area contributed by atoms with Crippen molar-refractivity contribution in [1.29, 1.82) is 0 Å². The van der Waals surface area contributed by atoms with Crippen molar-refractivity contribution in [2.45, 2.75) is 12.4 Å². The zero-order valence-electron chi connectivity index (χ0n) is 9.80. The van der Waals surface area contributed by atoms with Crippen LogP contribution in [0.3, 0.4) is 0 Å². The van der Waals surface area contributed by atoms with E-state index in [9.17, 15) is 35.9 Å². The highest BCUT2D eigenvalue weighted by Gasteiger charge is 2.37. The molecular formula is C10H7ClF6N2O2. The van der Waals surface area contributed by atoms with E-state index in [0.29, 0.717) is 12.1 Å². The number of rotatable bonds is 2. The molecule has 0 bridgehead atoms. The Labute approximate surface area is 119 Å². The van der Waals surface area contributed by atoms with Gasteiger partial charge in [-0.1, -0.05) is 0 Å². The van der Waals surface area contributed by atoms with Crippen LogP contribution in [0.25, 0.3) is 0 Å². The summed E-state index contributed by atoms with van der Waals surface area (Å²) in [4.78, 5) is 20.8. The predicted octanol–water partition coefficient (Wildman–Crippen LogP) is 3.42. The van der Waals surface area contributed by atoms with Crippen molar-refractivity contribution in [2.24, 2.45) is 0 Å². The minimum atomic E-state index is -5.02. The third-order valence-corrected chi connectivity index (χ3v) is 2.04. The maximum absolute atomic E-state index is 12.5. The Morgan fingerprint density at radius 3 is 1.71 bits per heavy atom. The number of nitrogens with one attached hydrogen (secondary N) is 2. The molecule has 11 heteroatoms. The lowest BCUT2D eigenvalue weighted by Crippen LogP contribution is -2.27. The number of alkyl halides is 6. The summed E-state index contributed by atoms with van der Waals surface area (Å²) in [5.41, 5.74) is -3.89. The van der Waals surface area contributed by atoms with Crippen LogP contribution in [0, 0.1) is 0 Å². The zero-order valence-corrected chi connectivity index (χ0v) is 10.6. The Balaban J connectivity index is 0.00000400. The molecule has 0 atom stereocenters. The van der Waals surface area contributed by atoms with Gasteiger partial charge >= 0.3 is 18.4 Å². The summed E-state index contributed by atoms with van der Waals surface area (Å²) in [6, 6.07) is -0.699. The molecule has 0 heterocycles. The fraction of sp³-hybridized carbons (Fsp3) is 0.200. The summed E-state index contributed by atoms with van der Waals surface area (Å²) in [6.07, 6.45) is -10.1. The number of halogens is 7. The highest BCUT2D eigenvalue weighted by atomic mass is 35.5. The van der Waals surface area contributed by atoms with Gasteiger partial charge in [0.15, 0.2) is 0 Å². The van der Waals surface area contributed by atoms with Crippen LogP contribution in [-0.2, 0) is 17.1 Å². The van der Waals surface area contributed by atoms with E-state index in [1.807, 2.05) is 0 Å². The summed E-state index contributed by atoms with van der Waals surface area (Å²) in [5, 5.41) is 3.20. The van der Waals surface area contributed by atoms with Crippen LogP contribution in [-0.4, -0.2) is 12.4 Å². The lowest BCUT2D eigenvalue weighted by atomic mass is 10.1. The lowest BCUT2D eigenvalue weighted by Gasteiger charge is -2.14. The summed E-state index contributed by atoms with van der Waals surface area (Å²) in [5.74, 6) is 0. The molecule has 1 aromatic rings. The van der Waals surface area contributed by atoms with Crippen molar-refractivity contribution in [3.8, 4) is 0 Å². The molecule has 4 nitrogen and oxygen atoms in total. The van der Waals surface area contributed by atoms with E-state index < -0.39 is 35.2 Å². The summed E-state index contributed by atoms with van der Waals surface area (Å²) >= 11 is 0. The molecule has 0 aliphatic carbocycles. The van der Waals surface area contributed by atoms with Gasteiger partial charge in [-0.15, -0.1) is 12.4 Å². The molecular weight excluding hydrogens is 330 g/mol. The molecule has 0 aromatic heterocycles. The van der Waals surface area contributed by atoms with Crippen LogP contribution < -0.4 is 10.6 Å². The second-order valence-electron chi connectivity index (χ2n) is 3.51. The van der Waals surface area contributed by atoms with E-state index in [0.717, 1.165) is 0 Å². The van der Waals surface area contributed by atoms with E-state index in [2.05, 4.69) is 0 Å². The Kier molecular flexibility index (Phi) is 6.03. The minimum absolute atomic E-state index is 0. The summed E-state index contributed by atoms with van der Waals surface area (Å²) < 4.78 is 74.8. The van der Waals surface area contributed by atoms with Crippen molar-refractivity contribution < 1.29 is 35.9 Å². The van der Waals surface area contributed by atoms with E-state index in [4.69, 9.17) is 0 Å². The number of amides is 3. The Morgan fingerprint density at radius 1 is 0.952 bits per heavy atom. The van der Waals surface area contributed by atoms with Gasteiger partial charge in [-0.2, -0.15) is 26.3 Å². The van der Waals surface area contributed by atoms with Gasteiger partial charge in [0.25, 0.3) is 0 Å². The van der Waals surface area contributed by atoms with Crippen LogP contribution in [0.4, 0.5) is 36.8 Å². The van der Waals surface area contributed by atoms with Crippen LogP contribution in [0.5, 0.6) is 0 Å². The first kappa shape index (κ1) is 19.0. The van der Waals surface area contributed by atoms with E-state index in [1.54, 1.807) is 5.32 Å². The lowest BCUT2D eigenvalue weighted by molar-refractivity contribution is -0.143. The van der Waals surface area contributed by atoms with E-state index in [-0.39, 0.29) is 24.9 Å². The highest BCUT2D eigenvalue weighted by molar-refractivity contribution is 5.95. The Hall–Kier alpha value is -1.97. The first-order valence-electron chi connectivity index (χ1n) is 4.84. The monoisotopic (exact) mass is 336 g/mol. The van der Waals surface area contributed by atoms with Crippen molar-refractivity contribution in [3.05, 3.63) is 29.3 Å². The number of imide groups is 1. The van der Waals surface area contributed by atoms with Crippen molar-refractivity contribution in [2.75, 3.05) is 5.32 Å². The first-order chi connectivity index (χ1) is 9.04. The average Bonchev–Trinajstić information content (AvgIpc) is 2.26. The predicted molar refractivity (Wildman–Crippen MR) is 61.9 cm³/mol. The van der Waals surface area contributed by atoms with Crippen molar-refractivity contribution in [1.82, 2.24) is 5.32 Å². The van der Waals surface area contributed by atoms with Gasteiger partial charge in [0.2, 0.25) is 6.41 Å². The third-order valence-electron chi connectivity index (χ3n) is 2.04. The van der Waals surface area contributed by atoms with Crippen LogP contribution in [0.1, 0.15) is 11.1 Å². The maximum atomic E-state index is 12.5. The molecule has 0 spiro atoms. The van der Waals surface area contributed by atoms with Crippen LogP contribution in [0.2, 0.25) is 0 Å². The van der Waals surface area contributed by atoms with Gasteiger partial charge in [0.05, 0.1) is 11.1 Å². The molecule has 0 aliphatic rings. The standard InChI is InChI=1S/C10H6F6N2O2.ClH/c11-9(12,13)5-1-6(10(14,15)16)3-7(2-5)18-8(20)17-4-19;/h1-4H,(H2,17,18,19,20);1H. The molecule has 1 rings (SSSR count). The average molecular weight is 337 g/mol. The third kappa shape index (κ3) is 5.50. The minimum Gasteiger partial charge on any atom is -0.308 e. The molecule has 2 N–H and O–H groups in total. The Bertz CT molecular complexity index is 497. The highest BCUT2D eigenvalue weighted by Crippen LogP contribution is 2.37. The quantitative estimate of drug-likeness (QED) is 0.642. The summed E-state index contributed by atoms with van der Waals surface area (Å²) in [6.45, 7) is 0. The van der Waals surface area contributed by atoms with Crippen LogP contribution >= 0.6 is 12.4 Å². The number of benzene rings is 1. The molecule has 3 amide bonds. The van der Waals surface area contributed by atoms with Gasteiger partial charge in [0.1, 0.15) is 0 Å². The van der Waals surface area contributed by atoms with Gasteiger partial charge in [-0.3, -0.25) is 10.1 Å². The summed E-state index contributed by atoms with van der Waals surface area (Å²) in [7, 11) is 0. The molecule has 0 saturated carbocycles. The number of carbonyl (C=O) groups excluding carboxylic acids is 2. The molecule has 0 radical (unpaired) electrons. The zero-order chi connectivity index (χ0) is 15.6. The largest absolute Gasteiger partial charge is 0.416 e. The first-order valence-corrected chi connectivity index (χ1v) is 4.84. The number of hydrogen-bond acceptors (Lipinski definition) is 2. The van der Waals surface area contributed by atoms with Crippen molar-refractivity contribution in [3.63, 3.8) is 0 Å². The molecule has 0 unspecified atom stereocenters.